The van der Waals surface area contributed by atoms with Gasteiger partial charge in [0.1, 0.15) is 11.0 Å². The van der Waals surface area contributed by atoms with E-state index < -0.39 is 33.8 Å². The fourth-order valence-corrected chi connectivity index (χ4v) is 8.37. The number of hydrogen-bond donors (Lipinski definition) is 2. The zero-order chi connectivity index (χ0) is 31.2. The number of amides is 3. The molecule has 45 heavy (non-hydrogen) atoms. The van der Waals surface area contributed by atoms with Crippen molar-refractivity contribution in [3.8, 4) is 5.75 Å². The highest BCUT2D eigenvalue weighted by Gasteiger charge is 2.56. The lowest BCUT2D eigenvalue weighted by atomic mass is 9.82. The third-order valence-corrected chi connectivity index (χ3v) is 10.2. The summed E-state index contributed by atoms with van der Waals surface area (Å²) in [5.41, 5.74) is 1.24. The van der Waals surface area contributed by atoms with Crippen LogP contribution in [0.4, 0.5) is 17.1 Å². The van der Waals surface area contributed by atoms with Crippen LogP contribution < -0.4 is 19.8 Å². The molecule has 2 aliphatic heterocycles. The molecule has 11 nitrogen and oxygen atoms in total. The number of rotatable bonds is 7. The molecule has 3 unspecified atom stereocenters. The predicted octanol–water partition coefficient (Wildman–Crippen LogP) is 5.31. The van der Waals surface area contributed by atoms with Crippen molar-refractivity contribution in [3.05, 3.63) is 121 Å². The zero-order valence-electron chi connectivity index (χ0n) is 23.2. The first kappa shape index (κ1) is 28.5. The highest BCUT2D eigenvalue weighted by atomic mass is 32.2. The molecule has 3 atom stereocenters. The minimum atomic E-state index is -0.897. The summed E-state index contributed by atoms with van der Waals surface area (Å²) in [5, 5.41) is 15.5. The molecule has 0 aliphatic carbocycles. The Morgan fingerprint density at radius 3 is 2.47 bits per heavy atom. The summed E-state index contributed by atoms with van der Waals surface area (Å²) in [5.74, 6) is -2.66. The molecular weight excluding hydrogens is 617 g/mol. The van der Waals surface area contributed by atoms with Crippen LogP contribution in [-0.2, 0) is 14.4 Å². The van der Waals surface area contributed by atoms with Gasteiger partial charge in [-0.25, -0.2) is 4.90 Å². The van der Waals surface area contributed by atoms with Crippen molar-refractivity contribution in [3.63, 3.8) is 0 Å². The third kappa shape index (κ3) is 5.05. The van der Waals surface area contributed by atoms with E-state index in [0.717, 1.165) is 38.8 Å². The van der Waals surface area contributed by atoms with E-state index in [0.29, 0.717) is 26.9 Å². The number of fused-ring (bicyclic) bond motifs is 3. The topological polar surface area (TPSA) is 152 Å². The van der Waals surface area contributed by atoms with Crippen molar-refractivity contribution in [1.29, 1.82) is 0 Å². The molecule has 2 aliphatic rings. The minimum absolute atomic E-state index is 0.169. The summed E-state index contributed by atoms with van der Waals surface area (Å²) in [6, 6.07) is 25.5. The maximum Gasteiger partial charge on any atom is 0.305 e. The number of hydrogen-bond acceptors (Lipinski definition) is 9. The summed E-state index contributed by atoms with van der Waals surface area (Å²) >= 11 is 2.08. The van der Waals surface area contributed by atoms with Crippen LogP contribution in [0.5, 0.6) is 5.75 Å². The lowest BCUT2D eigenvalue weighted by molar-refractivity contribution is -0.384. The lowest BCUT2D eigenvalue weighted by Gasteiger charge is -2.30. The molecule has 3 amide bonds. The van der Waals surface area contributed by atoms with Crippen molar-refractivity contribution in [2.75, 3.05) is 16.8 Å². The number of thiazole rings is 1. The first-order valence-corrected chi connectivity index (χ1v) is 15.5. The number of H-pyrrole nitrogens is 1. The summed E-state index contributed by atoms with van der Waals surface area (Å²) in [7, 11) is 0. The number of benzene rings is 4. The molecular formula is C32H22N4O7S2. The molecule has 1 aromatic heterocycles. The van der Waals surface area contributed by atoms with E-state index in [4.69, 9.17) is 4.74 Å². The number of aromatic nitrogens is 1. The molecule has 0 bridgehead atoms. The van der Waals surface area contributed by atoms with Gasteiger partial charge in [-0.05, 0) is 29.7 Å². The molecule has 7 rings (SSSR count). The first-order valence-electron chi connectivity index (χ1n) is 13.8. The van der Waals surface area contributed by atoms with Gasteiger partial charge in [0, 0.05) is 39.6 Å². The molecule has 2 N–H and O–H groups in total. The standard InChI is InChI=1S/C32H22N4O7S2/c37-24(33-22-10-5-7-17-6-1-2-8-20(17)22)16-43-23-11-4-3-9-21(23)25-26-28(44-29-27(25)45-32(40)34-29)31(39)35(30(26)38)18-12-14-19(15-13-18)36(41)42/h1-15,25-26,28H,16H2,(H,33,37)(H,34,40). The number of carbonyl (C=O) groups excluding carboxylic acids is 3. The Morgan fingerprint density at radius 2 is 1.67 bits per heavy atom. The monoisotopic (exact) mass is 638 g/mol. The highest BCUT2D eigenvalue weighted by molar-refractivity contribution is 8.00. The summed E-state index contributed by atoms with van der Waals surface area (Å²) in [6.07, 6.45) is 0. The maximum absolute atomic E-state index is 14.0. The van der Waals surface area contributed by atoms with Crippen LogP contribution in [0.3, 0.4) is 0 Å². The van der Waals surface area contributed by atoms with E-state index >= 15 is 0 Å². The number of nitro benzene ring substituents is 1. The van der Waals surface area contributed by atoms with Crippen LogP contribution in [0.1, 0.15) is 16.4 Å². The van der Waals surface area contributed by atoms with Gasteiger partial charge in [0.05, 0.1) is 21.6 Å². The number of nitro groups is 1. The number of carbonyl (C=O) groups is 3. The second-order valence-corrected chi connectivity index (χ2v) is 12.6. The molecule has 3 heterocycles. The maximum atomic E-state index is 14.0. The van der Waals surface area contributed by atoms with Crippen LogP contribution in [0.25, 0.3) is 10.8 Å². The van der Waals surface area contributed by atoms with Gasteiger partial charge < -0.3 is 15.0 Å². The van der Waals surface area contributed by atoms with Crippen LogP contribution in [0, 0.1) is 16.0 Å². The van der Waals surface area contributed by atoms with Crippen molar-refractivity contribution in [2.24, 2.45) is 5.92 Å². The SMILES string of the molecule is O=C(COc1ccccc1C1c2sc(=O)[nH]c2SC2C(=O)N(c3ccc([N+](=O)[O-])cc3)C(=O)C21)Nc1cccc2ccccc12. The lowest BCUT2D eigenvalue weighted by Crippen LogP contribution is -2.32. The van der Waals surface area contributed by atoms with Crippen molar-refractivity contribution in [1.82, 2.24) is 4.98 Å². The number of imide groups is 1. The quantitative estimate of drug-likeness (QED) is 0.138. The van der Waals surface area contributed by atoms with Gasteiger partial charge in [-0.1, -0.05) is 77.7 Å². The van der Waals surface area contributed by atoms with Crippen molar-refractivity contribution in [2.45, 2.75) is 16.2 Å². The largest absolute Gasteiger partial charge is 0.483 e. The summed E-state index contributed by atoms with van der Waals surface area (Å²) < 4.78 is 6.04. The van der Waals surface area contributed by atoms with E-state index in [2.05, 4.69) is 10.3 Å². The number of para-hydroxylation sites is 1. The van der Waals surface area contributed by atoms with E-state index in [1.54, 1.807) is 24.3 Å². The Hall–Kier alpha value is -5.27. The Bertz CT molecular complexity index is 2070. The smallest absolute Gasteiger partial charge is 0.305 e. The second-order valence-electron chi connectivity index (χ2n) is 10.4. The number of thioether (sulfide) groups is 1. The Kier molecular flexibility index (Phi) is 7.18. The normalized spacial score (nSPS) is 18.8. The minimum Gasteiger partial charge on any atom is -0.483 e. The summed E-state index contributed by atoms with van der Waals surface area (Å²) in [6.45, 7) is -0.326. The van der Waals surface area contributed by atoms with Gasteiger partial charge in [-0.2, -0.15) is 0 Å². The number of anilines is 2. The van der Waals surface area contributed by atoms with Gasteiger partial charge in [0.2, 0.25) is 11.8 Å². The van der Waals surface area contributed by atoms with E-state index in [1.807, 2.05) is 42.5 Å². The van der Waals surface area contributed by atoms with Crippen LogP contribution in [0.2, 0.25) is 0 Å². The summed E-state index contributed by atoms with van der Waals surface area (Å²) in [4.78, 5) is 68.0. The molecule has 0 radical (unpaired) electrons. The van der Waals surface area contributed by atoms with Crippen molar-refractivity contribution >= 4 is 68.7 Å². The number of ether oxygens (including phenoxy) is 1. The molecule has 13 heteroatoms. The number of non-ortho nitro benzene ring substituents is 1. The van der Waals surface area contributed by atoms with Gasteiger partial charge in [-0.3, -0.25) is 29.3 Å². The molecule has 4 aromatic carbocycles. The van der Waals surface area contributed by atoms with Crippen LogP contribution in [-0.4, -0.2) is 39.5 Å². The van der Waals surface area contributed by atoms with Gasteiger partial charge in [-0.15, -0.1) is 0 Å². The third-order valence-electron chi connectivity index (χ3n) is 7.82. The fraction of sp³-hybridized carbons (Fsp3) is 0.125. The van der Waals surface area contributed by atoms with Crippen LogP contribution in [0.15, 0.2) is 101 Å². The first-order chi connectivity index (χ1) is 21.8. The molecule has 224 valence electrons. The average molecular weight is 639 g/mol. The van der Waals surface area contributed by atoms with Gasteiger partial charge >= 0.3 is 4.87 Å². The number of nitrogens with zero attached hydrogens (tertiary/aromatic N) is 2. The highest BCUT2D eigenvalue weighted by Crippen LogP contribution is 2.54. The Labute approximate surface area is 263 Å². The molecule has 1 fully saturated rings. The number of nitrogens with one attached hydrogen (secondary N) is 2. The molecule has 0 spiro atoms. The Balaban J connectivity index is 1.20. The Morgan fingerprint density at radius 1 is 0.933 bits per heavy atom. The van der Waals surface area contributed by atoms with Gasteiger partial charge in [0.15, 0.2) is 6.61 Å². The van der Waals surface area contributed by atoms with E-state index in [9.17, 15) is 29.3 Å². The fourth-order valence-electron chi connectivity index (χ4n) is 5.86. The van der Waals surface area contributed by atoms with Crippen molar-refractivity contribution < 1.29 is 24.0 Å². The molecule has 5 aromatic rings. The predicted molar refractivity (Wildman–Crippen MR) is 170 cm³/mol. The van der Waals surface area contributed by atoms with Crippen LogP contribution >= 0.6 is 23.1 Å². The number of aromatic amines is 1. The second kappa shape index (κ2) is 11.3. The average Bonchev–Trinajstić information content (AvgIpc) is 3.54. The zero-order valence-corrected chi connectivity index (χ0v) is 24.8. The van der Waals surface area contributed by atoms with Gasteiger partial charge in [0.25, 0.3) is 11.6 Å². The van der Waals surface area contributed by atoms with E-state index in [-0.39, 0.29) is 28.8 Å². The van der Waals surface area contributed by atoms with E-state index in [1.165, 1.54) is 24.3 Å². The molecule has 1 saturated heterocycles. The molecule has 0 saturated carbocycles.